The van der Waals surface area contributed by atoms with Crippen LogP contribution in [-0.4, -0.2) is 9.97 Å². The first-order valence-corrected chi connectivity index (χ1v) is 6.67. The zero-order chi connectivity index (χ0) is 13.8. The average Bonchev–Trinajstić information content (AvgIpc) is 2.93. The second-order valence-electron chi connectivity index (χ2n) is 4.84. The molecule has 0 radical (unpaired) electrons. The van der Waals surface area contributed by atoms with Gasteiger partial charge >= 0.3 is 0 Å². The Kier molecular flexibility index (Phi) is 3.46. The zero-order valence-corrected chi connectivity index (χ0v) is 11.1. The van der Waals surface area contributed by atoms with Crippen LogP contribution in [0.25, 0.3) is 0 Å². The van der Waals surface area contributed by atoms with Gasteiger partial charge in [-0.15, -0.1) is 0 Å². The molecule has 5 heteroatoms. The van der Waals surface area contributed by atoms with Crippen LogP contribution >= 0.6 is 0 Å². The molecule has 2 N–H and O–H groups in total. The number of anilines is 2. The molecule has 0 saturated carbocycles. The number of aromatic nitrogens is 2. The zero-order valence-electron chi connectivity index (χ0n) is 11.1. The van der Waals surface area contributed by atoms with E-state index in [1.165, 1.54) is 42.3 Å². The number of benzene rings is 1. The monoisotopic (exact) mass is 265 g/mol. The second kappa shape index (κ2) is 5.57. The molecule has 0 spiro atoms. The van der Waals surface area contributed by atoms with Gasteiger partial charge in [-0.05, 0) is 36.0 Å². The summed E-state index contributed by atoms with van der Waals surface area (Å²) in [7, 11) is 0. The van der Waals surface area contributed by atoms with E-state index in [1.807, 2.05) is 6.19 Å². The van der Waals surface area contributed by atoms with Crippen LogP contribution in [0, 0.1) is 11.5 Å². The highest BCUT2D eigenvalue weighted by molar-refractivity contribution is 5.48. The van der Waals surface area contributed by atoms with Crippen LogP contribution < -0.4 is 10.6 Å². The smallest absolute Gasteiger partial charge is 0.182 e. The summed E-state index contributed by atoms with van der Waals surface area (Å²) in [6.07, 6.45) is 6.94. The number of nitrogens with zero attached hydrogens (tertiary/aromatic N) is 3. The van der Waals surface area contributed by atoms with Crippen molar-refractivity contribution in [3.05, 3.63) is 47.3 Å². The minimum absolute atomic E-state index is 0.499. The molecule has 20 heavy (non-hydrogen) atoms. The maximum Gasteiger partial charge on any atom is 0.182 e. The summed E-state index contributed by atoms with van der Waals surface area (Å²) in [5, 5.41) is 14.3. The van der Waals surface area contributed by atoms with Crippen molar-refractivity contribution >= 4 is 11.6 Å². The van der Waals surface area contributed by atoms with Crippen LogP contribution in [0.3, 0.4) is 0 Å². The Bertz CT molecular complexity index is 660. The molecular formula is C15H15N5. The number of hydrogen-bond donors (Lipinski definition) is 2. The highest BCUT2D eigenvalue weighted by atomic mass is 15.1. The molecule has 0 unspecified atom stereocenters. The molecule has 1 heterocycles. The van der Waals surface area contributed by atoms with Gasteiger partial charge in [-0.25, -0.2) is 9.97 Å². The predicted octanol–water partition coefficient (Wildman–Crippen LogP) is 2.47. The summed E-state index contributed by atoms with van der Waals surface area (Å²) in [6.45, 7) is 0.719. The molecular weight excluding hydrogens is 250 g/mol. The van der Waals surface area contributed by atoms with E-state index in [4.69, 9.17) is 5.26 Å². The summed E-state index contributed by atoms with van der Waals surface area (Å²) in [5.74, 6) is 1.21. The van der Waals surface area contributed by atoms with Crippen LogP contribution in [0.2, 0.25) is 0 Å². The minimum atomic E-state index is 0.499. The molecule has 0 saturated heterocycles. The molecule has 0 bridgehead atoms. The van der Waals surface area contributed by atoms with Crippen molar-refractivity contribution in [1.29, 1.82) is 5.26 Å². The van der Waals surface area contributed by atoms with Crippen molar-refractivity contribution < 1.29 is 0 Å². The van der Waals surface area contributed by atoms with Gasteiger partial charge in [0.1, 0.15) is 18.0 Å². The predicted molar refractivity (Wildman–Crippen MR) is 77.1 cm³/mol. The lowest BCUT2D eigenvalue weighted by Crippen LogP contribution is -2.03. The minimum Gasteiger partial charge on any atom is -0.366 e. The lowest BCUT2D eigenvalue weighted by molar-refractivity contribution is 0.911. The Hall–Kier alpha value is -2.61. The van der Waals surface area contributed by atoms with Gasteiger partial charge in [0.25, 0.3) is 0 Å². The van der Waals surface area contributed by atoms with Gasteiger partial charge in [0, 0.05) is 12.6 Å². The molecule has 3 rings (SSSR count). The van der Waals surface area contributed by atoms with Crippen molar-refractivity contribution in [2.24, 2.45) is 0 Å². The summed E-state index contributed by atoms with van der Waals surface area (Å²) < 4.78 is 0. The SMILES string of the molecule is N#CNc1cc(NCc2ccc3c(c2)CCC3)ncn1. The van der Waals surface area contributed by atoms with Crippen molar-refractivity contribution in [2.45, 2.75) is 25.8 Å². The standard InChI is InChI=1S/C15H15N5/c16-9-18-15-7-14(19-10-20-15)17-8-11-4-5-12-2-1-3-13(12)6-11/h4-7,10H,1-3,8H2,(H2,17,18,19,20). The van der Waals surface area contributed by atoms with Gasteiger partial charge in [-0.2, -0.15) is 5.26 Å². The third-order valence-corrected chi connectivity index (χ3v) is 3.49. The molecule has 0 amide bonds. The van der Waals surface area contributed by atoms with E-state index in [0.29, 0.717) is 11.6 Å². The number of nitrogens with one attached hydrogen (secondary N) is 2. The van der Waals surface area contributed by atoms with E-state index in [0.717, 1.165) is 6.54 Å². The van der Waals surface area contributed by atoms with E-state index in [2.05, 4.69) is 38.8 Å². The van der Waals surface area contributed by atoms with Gasteiger partial charge < -0.3 is 5.32 Å². The number of rotatable bonds is 4. The fraction of sp³-hybridized carbons (Fsp3) is 0.267. The highest BCUT2D eigenvalue weighted by Gasteiger charge is 2.10. The molecule has 1 aliphatic carbocycles. The molecule has 0 aliphatic heterocycles. The maximum absolute atomic E-state index is 8.57. The third kappa shape index (κ3) is 2.69. The van der Waals surface area contributed by atoms with Gasteiger partial charge in [0.15, 0.2) is 6.19 Å². The third-order valence-electron chi connectivity index (χ3n) is 3.49. The van der Waals surface area contributed by atoms with Gasteiger partial charge in [-0.3, -0.25) is 5.32 Å². The van der Waals surface area contributed by atoms with E-state index in [9.17, 15) is 0 Å². The Balaban J connectivity index is 1.67. The Labute approximate surface area is 117 Å². The van der Waals surface area contributed by atoms with E-state index in [-0.39, 0.29) is 0 Å². The van der Waals surface area contributed by atoms with E-state index >= 15 is 0 Å². The van der Waals surface area contributed by atoms with Crippen molar-refractivity contribution in [1.82, 2.24) is 9.97 Å². The maximum atomic E-state index is 8.57. The lowest BCUT2D eigenvalue weighted by Gasteiger charge is -2.08. The van der Waals surface area contributed by atoms with E-state index < -0.39 is 0 Å². The average molecular weight is 265 g/mol. The van der Waals surface area contributed by atoms with Crippen LogP contribution in [0.5, 0.6) is 0 Å². The molecule has 1 aromatic carbocycles. The van der Waals surface area contributed by atoms with Crippen molar-refractivity contribution in [3.63, 3.8) is 0 Å². The lowest BCUT2D eigenvalue weighted by atomic mass is 10.1. The number of fused-ring (bicyclic) bond motifs is 1. The first-order valence-electron chi connectivity index (χ1n) is 6.67. The highest BCUT2D eigenvalue weighted by Crippen LogP contribution is 2.23. The fourth-order valence-electron chi connectivity index (χ4n) is 2.51. The Morgan fingerprint density at radius 3 is 2.85 bits per heavy atom. The summed E-state index contributed by atoms with van der Waals surface area (Å²) in [4.78, 5) is 8.08. The quantitative estimate of drug-likeness (QED) is 0.656. The topological polar surface area (TPSA) is 73.6 Å². The van der Waals surface area contributed by atoms with Gasteiger partial charge in [-0.1, -0.05) is 18.2 Å². The first kappa shape index (κ1) is 12.4. The Morgan fingerprint density at radius 2 is 1.95 bits per heavy atom. The van der Waals surface area contributed by atoms with Crippen LogP contribution in [-0.2, 0) is 19.4 Å². The van der Waals surface area contributed by atoms with Crippen molar-refractivity contribution in [2.75, 3.05) is 10.6 Å². The summed E-state index contributed by atoms with van der Waals surface area (Å²) in [5.41, 5.74) is 4.20. The first-order chi connectivity index (χ1) is 9.85. The van der Waals surface area contributed by atoms with Crippen LogP contribution in [0.1, 0.15) is 23.1 Å². The molecule has 0 fully saturated rings. The van der Waals surface area contributed by atoms with Crippen LogP contribution in [0.15, 0.2) is 30.6 Å². The van der Waals surface area contributed by atoms with Crippen molar-refractivity contribution in [3.8, 4) is 6.19 Å². The number of aryl methyl sites for hydroxylation is 2. The summed E-state index contributed by atoms with van der Waals surface area (Å²) in [6, 6.07) is 8.37. The molecule has 5 nitrogen and oxygen atoms in total. The fourth-order valence-corrected chi connectivity index (χ4v) is 2.51. The number of hydrogen-bond acceptors (Lipinski definition) is 5. The van der Waals surface area contributed by atoms with Crippen LogP contribution in [0.4, 0.5) is 11.6 Å². The largest absolute Gasteiger partial charge is 0.366 e. The Morgan fingerprint density at radius 1 is 1.10 bits per heavy atom. The molecule has 2 aromatic rings. The van der Waals surface area contributed by atoms with Gasteiger partial charge in [0.2, 0.25) is 0 Å². The number of nitriles is 1. The van der Waals surface area contributed by atoms with E-state index in [1.54, 1.807) is 6.07 Å². The summed E-state index contributed by atoms with van der Waals surface area (Å²) >= 11 is 0. The molecule has 0 atom stereocenters. The normalized spacial score (nSPS) is 12.6. The second-order valence-corrected chi connectivity index (χ2v) is 4.84. The molecule has 1 aliphatic rings. The van der Waals surface area contributed by atoms with Gasteiger partial charge in [0.05, 0.1) is 0 Å². The molecule has 100 valence electrons. The molecule has 1 aromatic heterocycles.